The fraction of sp³-hybridized carbons (Fsp3) is 0.200. The van der Waals surface area contributed by atoms with Crippen LogP contribution in [0, 0.1) is 6.92 Å². The van der Waals surface area contributed by atoms with Crippen molar-refractivity contribution in [1.82, 2.24) is 20.2 Å². The molecule has 0 saturated heterocycles. The molecule has 0 fully saturated rings. The normalized spacial score (nSPS) is 11.0. The second-order valence-corrected chi connectivity index (χ2v) is 7.29. The van der Waals surface area contributed by atoms with Crippen LogP contribution in [-0.2, 0) is 17.6 Å². The van der Waals surface area contributed by atoms with Crippen LogP contribution in [0.5, 0.6) is 0 Å². The number of benzene rings is 2. The highest BCUT2D eigenvalue weighted by molar-refractivity contribution is 7.99. The Labute approximate surface area is 166 Å². The Morgan fingerprint density at radius 3 is 2.75 bits per heavy atom. The zero-order valence-electron chi connectivity index (χ0n) is 15.3. The van der Waals surface area contributed by atoms with Gasteiger partial charge in [-0.1, -0.05) is 41.6 Å². The van der Waals surface area contributed by atoms with Crippen molar-refractivity contribution in [3.05, 3.63) is 65.8 Å². The highest BCUT2D eigenvalue weighted by Crippen LogP contribution is 2.18. The van der Waals surface area contributed by atoms with E-state index < -0.39 is 0 Å². The molecule has 1 amide bonds. The number of rotatable bonds is 7. The summed E-state index contributed by atoms with van der Waals surface area (Å²) >= 11 is 1.22. The molecule has 4 rings (SSSR count). The van der Waals surface area contributed by atoms with Gasteiger partial charge >= 0.3 is 0 Å². The maximum atomic E-state index is 12.0. The van der Waals surface area contributed by atoms with Gasteiger partial charge < -0.3 is 14.7 Å². The highest BCUT2D eigenvalue weighted by atomic mass is 32.2. The summed E-state index contributed by atoms with van der Waals surface area (Å²) in [6.07, 6.45) is 1.26. The Morgan fingerprint density at radius 1 is 1.11 bits per heavy atom. The number of fused-ring (bicyclic) bond motifs is 1. The van der Waals surface area contributed by atoms with Gasteiger partial charge in [-0.25, -0.2) is 4.98 Å². The van der Waals surface area contributed by atoms with E-state index >= 15 is 0 Å². The molecule has 0 atom stereocenters. The largest absolute Gasteiger partial charge is 0.416 e. The predicted molar refractivity (Wildman–Crippen MR) is 108 cm³/mol. The minimum Gasteiger partial charge on any atom is -0.416 e. The molecular formula is C20H19N5O2S. The van der Waals surface area contributed by atoms with E-state index in [4.69, 9.17) is 4.42 Å². The van der Waals surface area contributed by atoms with E-state index in [-0.39, 0.29) is 11.7 Å². The van der Waals surface area contributed by atoms with Crippen molar-refractivity contribution in [2.45, 2.75) is 25.0 Å². The van der Waals surface area contributed by atoms with Gasteiger partial charge in [0.15, 0.2) is 0 Å². The molecular weight excluding hydrogens is 374 g/mol. The van der Waals surface area contributed by atoms with Crippen LogP contribution in [0.4, 0.5) is 5.69 Å². The summed E-state index contributed by atoms with van der Waals surface area (Å²) in [6.45, 7) is 2.00. The Kier molecular flexibility index (Phi) is 5.38. The summed E-state index contributed by atoms with van der Waals surface area (Å²) in [5.74, 6) is 1.50. The van der Waals surface area contributed by atoms with E-state index in [1.165, 1.54) is 11.8 Å². The van der Waals surface area contributed by atoms with Crippen molar-refractivity contribution in [3.8, 4) is 0 Å². The first-order valence-electron chi connectivity index (χ1n) is 8.91. The number of hydrogen-bond acceptors (Lipinski definition) is 6. The number of anilines is 1. The summed E-state index contributed by atoms with van der Waals surface area (Å²) in [4.78, 5) is 19.9. The fourth-order valence-electron chi connectivity index (χ4n) is 2.71. The lowest BCUT2D eigenvalue weighted by Crippen LogP contribution is -2.13. The number of aromatic nitrogens is 4. The number of carbonyl (C=O) groups is 1. The zero-order chi connectivity index (χ0) is 19.3. The van der Waals surface area contributed by atoms with Crippen molar-refractivity contribution < 1.29 is 9.21 Å². The number of aryl methyl sites for hydroxylation is 3. The second-order valence-electron chi connectivity index (χ2n) is 6.37. The van der Waals surface area contributed by atoms with Gasteiger partial charge in [-0.3, -0.25) is 4.79 Å². The first-order chi connectivity index (χ1) is 13.7. The average Bonchev–Trinajstić information content (AvgIpc) is 3.33. The van der Waals surface area contributed by atoms with Crippen LogP contribution in [0.2, 0.25) is 0 Å². The third-order valence-corrected chi connectivity index (χ3v) is 4.94. The lowest BCUT2D eigenvalue weighted by Gasteiger charge is -2.03. The number of nitrogens with one attached hydrogen (secondary N) is 2. The quantitative estimate of drug-likeness (QED) is 0.464. The van der Waals surface area contributed by atoms with E-state index in [9.17, 15) is 4.79 Å². The van der Waals surface area contributed by atoms with E-state index in [1.54, 1.807) is 0 Å². The number of nitrogens with zero attached hydrogens (tertiary/aromatic N) is 3. The van der Waals surface area contributed by atoms with Crippen LogP contribution in [0.15, 0.2) is 58.2 Å². The van der Waals surface area contributed by atoms with Gasteiger partial charge in [-0.15, -0.1) is 10.2 Å². The first-order valence-corrected chi connectivity index (χ1v) is 9.89. The second kappa shape index (κ2) is 8.26. The molecule has 142 valence electrons. The fourth-order valence-corrected chi connectivity index (χ4v) is 3.29. The molecule has 28 heavy (non-hydrogen) atoms. The SMILES string of the molecule is Cc1ccc(NC(=O)CSc2nnc(CCc3nc4ccccc4[nH]3)o2)cc1. The Hall–Kier alpha value is -3.13. The number of aromatic amines is 1. The molecule has 0 aliphatic carbocycles. The third kappa shape index (κ3) is 4.58. The van der Waals surface area contributed by atoms with E-state index in [0.29, 0.717) is 24.0 Å². The number of thioether (sulfide) groups is 1. The molecule has 2 aromatic carbocycles. The highest BCUT2D eigenvalue weighted by Gasteiger charge is 2.11. The summed E-state index contributed by atoms with van der Waals surface area (Å²) in [5.41, 5.74) is 3.87. The van der Waals surface area contributed by atoms with E-state index in [1.807, 2.05) is 55.5 Å². The molecule has 8 heteroatoms. The maximum absolute atomic E-state index is 12.0. The first kappa shape index (κ1) is 18.2. The monoisotopic (exact) mass is 393 g/mol. The summed E-state index contributed by atoms with van der Waals surface area (Å²) < 4.78 is 5.61. The van der Waals surface area contributed by atoms with Gasteiger partial charge in [-0.05, 0) is 31.2 Å². The topological polar surface area (TPSA) is 96.7 Å². The molecule has 0 aliphatic heterocycles. The molecule has 2 aromatic heterocycles. The number of imidazole rings is 1. The van der Waals surface area contributed by atoms with E-state index in [0.717, 1.165) is 28.1 Å². The van der Waals surface area contributed by atoms with Crippen LogP contribution in [0.3, 0.4) is 0 Å². The third-order valence-electron chi connectivity index (χ3n) is 4.12. The minimum atomic E-state index is -0.115. The smallest absolute Gasteiger partial charge is 0.277 e. The predicted octanol–water partition coefficient (Wildman–Crippen LogP) is 3.77. The molecule has 2 heterocycles. The number of amides is 1. The lowest BCUT2D eigenvalue weighted by atomic mass is 10.2. The summed E-state index contributed by atoms with van der Waals surface area (Å²) in [7, 11) is 0. The maximum Gasteiger partial charge on any atom is 0.277 e. The zero-order valence-corrected chi connectivity index (χ0v) is 16.1. The molecule has 2 N–H and O–H groups in total. The van der Waals surface area contributed by atoms with Gasteiger partial charge in [0.1, 0.15) is 5.82 Å². The van der Waals surface area contributed by atoms with Gasteiger partial charge in [0, 0.05) is 18.5 Å². The summed E-state index contributed by atoms with van der Waals surface area (Å²) in [6, 6.07) is 15.6. The number of hydrogen-bond donors (Lipinski definition) is 2. The van der Waals surface area contributed by atoms with Gasteiger partial charge in [0.05, 0.1) is 16.8 Å². The molecule has 4 aromatic rings. The van der Waals surface area contributed by atoms with Crippen molar-refractivity contribution in [2.75, 3.05) is 11.1 Å². The number of para-hydroxylation sites is 2. The Bertz CT molecular complexity index is 1050. The van der Waals surface area contributed by atoms with Crippen LogP contribution < -0.4 is 5.32 Å². The Morgan fingerprint density at radius 2 is 1.93 bits per heavy atom. The molecule has 0 spiro atoms. The van der Waals surface area contributed by atoms with Crippen LogP contribution in [-0.4, -0.2) is 31.8 Å². The molecule has 7 nitrogen and oxygen atoms in total. The van der Waals surface area contributed by atoms with E-state index in [2.05, 4.69) is 25.5 Å². The van der Waals surface area contributed by atoms with Crippen molar-refractivity contribution >= 4 is 34.4 Å². The lowest BCUT2D eigenvalue weighted by molar-refractivity contribution is -0.113. The minimum absolute atomic E-state index is 0.115. The Balaban J connectivity index is 1.26. The number of carbonyl (C=O) groups excluding carboxylic acids is 1. The van der Waals surface area contributed by atoms with Gasteiger partial charge in [-0.2, -0.15) is 0 Å². The number of H-pyrrole nitrogens is 1. The van der Waals surface area contributed by atoms with Crippen molar-refractivity contribution in [3.63, 3.8) is 0 Å². The van der Waals surface area contributed by atoms with Crippen LogP contribution >= 0.6 is 11.8 Å². The van der Waals surface area contributed by atoms with Gasteiger partial charge in [0.2, 0.25) is 11.8 Å². The average molecular weight is 393 g/mol. The van der Waals surface area contributed by atoms with Gasteiger partial charge in [0.25, 0.3) is 5.22 Å². The van der Waals surface area contributed by atoms with Crippen LogP contribution in [0.25, 0.3) is 11.0 Å². The van der Waals surface area contributed by atoms with Crippen molar-refractivity contribution in [2.24, 2.45) is 0 Å². The summed E-state index contributed by atoms with van der Waals surface area (Å²) in [5, 5.41) is 11.3. The molecule has 0 aliphatic rings. The molecule has 0 saturated carbocycles. The molecule has 0 radical (unpaired) electrons. The standard InChI is InChI=1S/C20H19N5O2S/c1-13-6-8-14(9-7-13)21-18(26)12-28-20-25-24-19(27-20)11-10-17-22-15-4-2-3-5-16(15)23-17/h2-9H,10-12H2,1H3,(H,21,26)(H,22,23). The van der Waals surface area contributed by atoms with Crippen LogP contribution in [0.1, 0.15) is 17.3 Å². The van der Waals surface area contributed by atoms with Crippen molar-refractivity contribution in [1.29, 1.82) is 0 Å². The molecule has 0 unspecified atom stereocenters. The molecule has 0 bridgehead atoms.